The molecule has 150 valence electrons. The highest BCUT2D eigenvalue weighted by atomic mass is 16.5. The summed E-state index contributed by atoms with van der Waals surface area (Å²) in [6, 6.07) is 3.98. The van der Waals surface area contributed by atoms with Crippen molar-refractivity contribution in [2.75, 3.05) is 31.7 Å². The Kier molecular flexibility index (Phi) is 3.19. The predicted molar refractivity (Wildman–Crippen MR) is 104 cm³/mol. The molecule has 1 aromatic carbocycles. The number of ether oxygens (including phenoxy) is 2. The first-order valence-electron chi connectivity index (χ1n) is 10.6. The Hall–Kier alpha value is -1.79. The summed E-state index contributed by atoms with van der Waals surface area (Å²) >= 11 is 0. The van der Waals surface area contributed by atoms with Gasteiger partial charge in [0, 0.05) is 32.0 Å². The lowest BCUT2D eigenvalue weighted by Crippen LogP contribution is -2.73. The van der Waals surface area contributed by atoms with E-state index in [0.717, 1.165) is 50.9 Å². The smallest absolute Gasteiger partial charge is 0.224 e. The molecule has 0 bridgehead atoms. The number of rotatable bonds is 1. The molecule has 4 heterocycles. The standard InChI is InChI=1S/C22H28N2O4/c1-14(25)24-17-6-8-20-7-3-11-23-12-9-21(17,22(20,23)28-13-10-20)15-4-5-16(27-2)19(26)18(15)24/h4-5,17,26H,3,6-13H2,1-2H3. The molecule has 4 aliphatic heterocycles. The number of nitrogens with zero attached hydrogens (tertiary/aromatic N) is 2. The quantitative estimate of drug-likeness (QED) is 0.807. The summed E-state index contributed by atoms with van der Waals surface area (Å²) in [5.41, 5.74) is 1.29. The van der Waals surface area contributed by atoms with Gasteiger partial charge in [-0.3, -0.25) is 9.69 Å². The minimum absolute atomic E-state index is 0.0113. The van der Waals surface area contributed by atoms with E-state index in [2.05, 4.69) is 11.0 Å². The Morgan fingerprint density at radius 3 is 2.89 bits per heavy atom. The Balaban J connectivity index is 1.68. The van der Waals surface area contributed by atoms with E-state index in [4.69, 9.17) is 9.47 Å². The van der Waals surface area contributed by atoms with Crippen molar-refractivity contribution in [1.29, 1.82) is 0 Å². The average molecular weight is 384 g/mol. The zero-order valence-corrected chi connectivity index (χ0v) is 16.7. The first-order valence-corrected chi connectivity index (χ1v) is 10.6. The van der Waals surface area contributed by atoms with Crippen LogP contribution >= 0.6 is 0 Å². The maximum absolute atomic E-state index is 12.9. The number of benzene rings is 1. The van der Waals surface area contributed by atoms with Crippen LogP contribution in [0.3, 0.4) is 0 Å². The van der Waals surface area contributed by atoms with E-state index in [1.165, 1.54) is 12.8 Å². The lowest BCUT2D eigenvalue weighted by Gasteiger charge is -2.62. The van der Waals surface area contributed by atoms with Gasteiger partial charge < -0.3 is 19.5 Å². The second-order valence-electron chi connectivity index (χ2n) is 9.29. The van der Waals surface area contributed by atoms with Crippen LogP contribution in [0, 0.1) is 5.41 Å². The first-order chi connectivity index (χ1) is 13.5. The summed E-state index contributed by atoms with van der Waals surface area (Å²) in [7, 11) is 1.56. The number of amides is 1. The van der Waals surface area contributed by atoms with Crippen LogP contribution in [0.2, 0.25) is 0 Å². The summed E-state index contributed by atoms with van der Waals surface area (Å²) < 4.78 is 12.2. The van der Waals surface area contributed by atoms with Gasteiger partial charge in [0.15, 0.2) is 11.5 Å². The molecule has 4 fully saturated rings. The molecule has 4 atom stereocenters. The Bertz CT molecular complexity index is 888. The second-order valence-corrected chi connectivity index (χ2v) is 9.29. The van der Waals surface area contributed by atoms with Crippen LogP contribution in [0.25, 0.3) is 0 Å². The fourth-order valence-corrected chi connectivity index (χ4v) is 8.02. The van der Waals surface area contributed by atoms with E-state index in [1.807, 2.05) is 11.0 Å². The van der Waals surface area contributed by atoms with Crippen molar-refractivity contribution in [3.8, 4) is 11.5 Å². The van der Waals surface area contributed by atoms with Crippen molar-refractivity contribution >= 4 is 11.6 Å². The Morgan fingerprint density at radius 2 is 2.11 bits per heavy atom. The average Bonchev–Trinajstić information content (AvgIpc) is 3.32. The third-order valence-electron chi connectivity index (χ3n) is 8.69. The van der Waals surface area contributed by atoms with E-state index < -0.39 is 0 Å². The molecule has 5 aliphatic rings. The van der Waals surface area contributed by atoms with Gasteiger partial charge in [-0.25, -0.2) is 0 Å². The van der Waals surface area contributed by atoms with Crippen molar-refractivity contribution in [1.82, 2.24) is 4.90 Å². The molecule has 6 nitrogen and oxygen atoms in total. The summed E-state index contributed by atoms with van der Waals surface area (Å²) in [5, 5.41) is 11.1. The number of aromatic hydroxyl groups is 1. The lowest BCUT2D eigenvalue weighted by molar-refractivity contribution is -0.232. The van der Waals surface area contributed by atoms with Crippen LogP contribution in [0.15, 0.2) is 12.1 Å². The van der Waals surface area contributed by atoms with Gasteiger partial charge in [-0.15, -0.1) is 0 Å². The molecular formula is C22H28N2O4. The van der Waals surface area contributed by atoms with Crippen LogP contribution in [0.5, 0.6) is 11.5 Å². The molecule has 6 rings (SSSR count). The first kappa shape index (κ1) is 17.1. The number of carbonyl (C=O) groups excluding carboxylic acids is 1. The maximum atomic E-state index is 12.9. The van der Waals surface area contributed by atoms with Crippen molar-refractivity contribution in [3.05, 3.63) is 17.7 Å². The lowest BCUT2D eigenvalue weighted by atomic mass is 9.50. The van der Waals surface area contributed by atoms with E-state index in [1.54, 1.807) is 14.0 Å². The van der Waals surface area contributed by atoms with Gasteiger partial charge in [0.2, 0.25) is 5.91 Å². The van der Waals surface area contributed by atoms with Crippen LogP contribution in [-0.4, -0.2) is 54.5 Å². The molecule has 1 N–H and O–H groups in total. The number of methoxy groups -OCH3 is 1. The summed E-state index contributed by atoms with van der Waals surface area (Å²) in [4.78, 5) is 17.3. The molecule has 1 amide bonds. The molecular weight excluding hydrogens is 356 g/mol. The van der Waals surface area contributed by atoms with E-state index in [0.29, 0.717) is 11.4 Å². The molecule has 6 heteroatoms. The number of hydrogen-bond acceptors (Lipinski definition) is 5. The Labute approximate surface area is 165 Å². The highest BCUT2D eigenvalue weighted by Gasteiger charge is 2.80. The van der Waals surface area contributed by atoms with Gasteiger partial charge in [-0.1, -0.05) is 6.07 Å². The van der Waals surface area contributed by atoms with Crippen molar-refractivity contribution < 1.29 is 19.4 Å². The highest BCUT2D eigenvalue weighted by Crippen LogP contribution is 2.74. The van der Waals surface area contributed by atoms with Gasteiger partial charge in [0.1, 0.15) is 5.72 Å². The fraction of sp³-hybridized carbons (Fsp3) is 0.682. The molecule has 3 saturated heterocycles. The summed E-state index contributed by atoms with van der Waals surface area (Å²) in [5.74, 6) is 0.505. The molecule has 1 aliphatic carbocycles. The summed E-state index contributed by atoms with van der Waals surface area (Å²) in [6.07, 6.45) is 6.57. The maximum Gasteiger partial charge on any atom is 0.224 e. The monoisotopic (exact) mass is 384 g/mol. The third kappa shape index (κ3) is 1.53. The van der Waals surface area contributed by atoms with Gasteiger partial charge in [-0.2, -0.15) is 0 Å². The normalized spacial score (nSPS) is 40.6. The van der Waals surface area contributed by atoms with E-state index in [-0.39, 0.29) is 34.3 Å². The van der Waals surface area contributed by atoms with Crippen LogP contribution in [-0.2, 0) is 14.9 Å². The van der Waals surface area contributed by atoms with Crippen LogP contribution in [0.1, 0.15) is 51.0 Å². The zero-order chi connectivity index (χ0) is 19.3. The van der Waals surface area contributed by atoms with Gasteiger partial charge >= 0.3 is 0 Å². The SMILES string of the molecule is COc1ccc2c(c1O)N(C(C)=O)C1CCC34CCCN5CCC21C53OCC4. The molecule has 28 heavy (non-hydrogen) atoms. The molecule has 0 aromatic heterocycles. The van der Waals surface area contributed by atoms with Crippen LogP contribution in [0.4, 0.5) is 5.69 Å². The topological polar surface area (TPSA) is 62.2 Å². The number of hydrogen-bond donors (Lipinski definition) is 1. The molecule has 4 unspecified atom stereocenters. The van der Waals surface area contributed by atoms with Crippen molar-refractivity contribution in [3.63, 3.8) is 0 Å². The number of phenols is 1. The van der Waals surface area contributed by atoms with E-state index >= 15 is 0 Å². The number of phenolic OH excluding ortho intramolecular Hbond substituents is 1. The molecule has 2 spiro atoms. The molecule has 1 aromatic rings. The molecule has 1 saturated carbocycles. The number of fused-ring (bicyclic) bond motifs is 1. The minimum Gasteiger partial charge on any atom is -0.503 e. The number of carbonyl (C=O) groups is 1. The van der Waals surface area contributed by atoms with Crippen molar-refractivity contribution in [2.45, 2.75) is 62.6 Å². The number of piperidine rings is 1. The van der Waals surface area contributed by atoms with Gasteiger partial charge in [-0.05, 0) is 50.2 Å². The third-order valence-corrected chi connectivity index (χ3v) is 8.69. The Morgan fingerprint density at radius 1 is 1.25 bits per heavy atom. The minimum atomic E-state index is -0.346. The van der Waals surface area contributed by atoms with Crippen LogP contribution < -0.4 is 9.64 Å². The van der Waals surface area contributed by atoms with Gasteiger partial charge in [0.05, 0.1) is 24.3 Å². The summed E-state index contributed by atoms with van der Waals surface area (Å²) in [6.45, 7) is 4.47. The second kappa shape index (κ2) is 5.22. The van der Waals surface area contributed by atoms with Gasteiger partial charge in [0.25, 0.3) is 0 Å². The van der Waals surface area contributed by atoms with Crippen molar-refractivity contribution in [2.24, 2.45) is 5.41 Å². The largest absolute Gasteiger partial charge is 0.503 e. The highest BCUT2D eigenvalue weighted by molar-refractivity contribution is 5.99. The zero-order valence-electron chi connectivity index (χ0n) is 16.7. The molecule has 0 radical (unpaired) electrons. The fourth-order valence-electron chi connectivity index (χ4n) is 8.02. The van der Waals surface area contributed by atoms with E-state index in [9.17, 15) is 9.90 Å². The predicted octanol–water partition coefficient (Wildman–Crippen LogP) is 2.77. The number of anilines is 1.